The molecule has 1 heterocycles. The molecule has 3 N–H and O–H groups in total. The van der Waals surface area contributed by atoms with E-state index in [0.29, 0.717) is 30.5 Å². The van der Waals surface area contributed by atoms with Gasteiger partial charge in [0, 0.05) is 24.0 Å². The van der Waals surface area contributed by atoms with E-state index in [1.165, 1.54) is 42.9 Å². The number of nitrogens with one attached hydrogen (secondary N) is 2. The van der Waals surface area contributed by atoms with Crippen molar-refractivity contribution in [2.45, 2.75) is 48.3 Å². The van der Waals surface area contributed by atoms with E-state index >= 15 is 0 Å². The number of halogens is 4. The summed E-state index contributed by atoms with van der Waals surface area (Å²) in [7, 11) is -0.418. The molecule has 0 radical (unpaired) electrons. The van der Waals surface area contributed by atoms with Gasteiger partial charge in [-0.25, -0.2) is 22.8 Å². The van der Waals surface area contributed by atoms with Gasteiger partial charge in [-0.05, 0) is 75.2 Å². The van der Waals surface area contributed by atoms with E-state index < -0.39 is 32.5 Å². The monoisotopic (exact) mass is 583 g/mol. The van der Waals surface area contributed by atoms with Crippen LogP contribution in [-0.4, -0.2) is 61.0 Å². The second-order valence-corrected chi connectivity index (χ2v) is 11.0. The molecule has 216 valence electrons. The molecule has 1 aromatic heterocycles. The second-order valence-electron chi connectivity index (χ2n) is 9.37. The van der Waals surface area contributed by atoms with Crippen LogP contribution in [0.1, 0.15) is 36.3 Å². The molecule has 0 unspecified atom stereocenters. The van der Waals surface area contributed by atoms with E-state index in [4.69, 9.17) is 9.90 Å². The van der Waals surface area contributed by atoms with Crippen molar-refractivity contribution in [1.29, 1.82) is 0 Å². The molecule has 14 heteroatoms. The molecule has 1 fully saturated rings. The Morgan fingerprint density at radius 3 is 2.42 bits per heavy atom. The quantitative estimate of drug-likeness (QED) is 0.267. The normalized spacial score (nSPS) is 19.3. The Labute approximate surface area is 229 Å². The molecule has 2 aromatic carbocycles. The number of likely N-dealkylation sites (N-methyl/N-ethyl adjacent to an activating group) is 1. The molecule has 3 aromatic rings. The Morgan fingerprint density at radius 1 is 1.10 bits per heavy atom. The number of hydrogen-bond acceptors (Lipinski definition) is 7. The Hall–Kier alpha value is -3.78. The van der Waals surface area contributed by atoms with Crippen LogP contribution in [0, 0.1) is 5.82 Å². The van der Waals surface area contributed by atoms with Crippen molar-refractivity contribution in [2.75, 3.05) is 24.1 Å². The van der Waals surface area contributed by atoms with Gasteiger partial charge in [0.2, 0.25) is 0 Å². The fraction of sp³-hybridized carbons (Fsp3) is 0.346. The zero-order valence-electron chi connectivity index (χ0n) is 21.6. The summed E-state index contributed by atoms with van der Waals surface area (Å²) in [5, 5.41) is 10.2. The van der Waals surface area contributed by atoms with Crippen molar-refractivity contribution < 1.29 is 35.9 Å². The maximum atomic E-state index is 14.9. The summed E-state index contributed by atoms with van der Waals surface area (Å²) >= 11 is 0. The zero-order chi connectivity index (χ0) is 29.5. The number of rotatable bonds is 7. The molecule has 0 saturated heterocycles. The Bertz CT molecular complexity index is 1390. The third kappa shape index (κ3) is 7.88. The molecule has 40 heavy (non-hydrogen) atoms. The topological polar surface area (TPSA) is 125 Å². The lowest BCUT2D eigenvalue weighted by molar-refractivity contribution is -0.137. The standard InChI is InChI=1S/C25H27F4N5O2S.CH2O2/c1-34(2)22-13-17(16-4-3-5-18(12-16)25(27,28)29)6-8-21(22)32-19-7-9-23(20(26)14-19)37(35,36)33-24-10-11-30-15-31-24;2-1-3/h3-5,7,9-12,14-15,17,21-22,32H,6,8,13H2,1-2H3,(H,30,31,33);1H,(H,2,3)/t17-,21-,22-;/m0./s1. The summed E-state index contributed by atoms with van der Waals surface area (Å²) in [5.41, 5.74) is 0.399. The fourth-order valence-corrected chi connectivity index (χ4v) is 5.79. The van der Waals surface area contributed by atoms with Crippen LogP contribution in [0.25, 0.3) is 0 Å². The molecule has 0 amide bonds. The predicted octanol–water partition coefficient (Wildman–Crippen LogP) is 4.81. The molecule has 0 aliphatic heterocycles. The minimum absolute atomic E-state index is 0.0166. The summed E-state index contributed by atoms with van der Waals surface area (Å²) in [6, 6.07) is 10.4. The maximum absolute atomic E-state index is 14.9. The van der Waals surface area contributed by atoms with E-state index in [9.17, 15) is 26.0 Å². The van der Waals surface area contributed by atoms with Gasteiger partial charge in [-0.1, -0.05) is 18.2 Å². The number of nitrogens with zero attached hydrogens (tertiary/aromatic N) is 3. The third-order valence-corrected chi connectivity index (χ3v) is 7.95. The van der Waals surface area contributed by atoms with E-state index in [1.54, 1.807) is 6.07 Å². The highest BCUT2D eigenvalue weighted by molar-refractivity contribution is 7.92. The third-order valence-electron chi connectivity index (χ3n) is 6.56. The van der Waals surface area contributed by atoms with Gasteiger partial charge >= 0.3 is 6.18 Å². The van der Waals surface area contributed by atoms with Crippen LogP contribution < -0.4 is 10.0 Å². The lowest BCUT2D eigenvalue weighted by Gasteiger charge is -2.41. The average molecular weight is 584 g/mol. The average Bonchev–Trinajstić information content (AvgIpc) is 2.89. The Balaban J connectivity index is 0.00000141. The summed E-state index contributed by atoms with van der Waals surface area (Å²) in [5.74, 6) is -0.960. The van der Waals surface area contributed by atoms with Crippen LogP contribution in [0.5, 0.6) is 0 Å². The van der Waals surface area contributed by atoms with Crippen LogP contribution in [0.4, 0.5) is 29.1 Å². The Morgan fingerprint density at radius 2 is 1.82 bits per heavy atom. The van der Waals surface area contributed by atoms with Gasteiger partial charge in [0.25, 0.3) is 16.5 Å². The van der Waals surface area contributed by atoms with Crippen LogP contribution >= 0.6 is 0 Å². The first-order valence-corrected chi connectivity index (χ1v) is 13.6. The molecule has 1 aliphatic rings. The predicted molar refractivity (Wildman–Crippen MR) is 141 cm³/mol. The number of anilines is 2. The van der Waals surface area contributed by atoms with Gasteiger partial charge in [0.1, 0.15) is 22.9 Å². The lowest BCUT2D eigenvalue weighted by atomic mass is 9.78. The summed E-state index contributed by atoms with van der Waals surface area (Å²) < 4.78 is 81.9. The highest BCUT2D eigenvalue weighted by atomic mass is 32.2. The molecular formula is C26H29F4N5O4S. The highest BCUT2D eigenvalue weighted by Gasteiger charge is 2.35. The molecule has 1 aliphatic carbocycles. The summed E-state index contributed by atoms with van der Waals surface area (Å²) in [6.07, 6.45) is 0.0384. The van der Waals surface area contributed by atoms with Crippen molar-refractivity contribution in [1.82, 2.24) is 14.9 Å². The molecule has 3 atom stereocenters. The largest absolute Gasteiger partial charge is 0.483 e. The molecule has 1 saturated carbocycles. The van der Waals surface area contributed by atoms with Crippen molar-refractivity contribution in [3.63, 3.8) is 0 Å². The number of carbonyl (C=O) groups is 1. The smallest absolute Gasteiger partial charge is 0.416 e. The maximum Gasteiger partial charge on any atom is 0.416 e. The molecule has 0 spiro atoms. The lowest BCUT2D eigenvalue weighted by Crippen LogP contribution is -2.47. The van der Waals surface area contributed by atoms with E-state index in [0.717, 1.165) is 12.1 Å². The molecular weight excluding hydrogens is 554 g/mol. The molecule has 4 rings (SSSR count). The van der Waals surface area contributed by atoms with Gasteiger partial charge in [0.15, 0.2) is 0 Å². The Kier molecular flexibility index (Phi) is 10.0. The van der Waals surface area contributed by atoms with Gasteiger partial charge in [0.05, 0.1) is 5.56 Å². The van der Waals surface area contributed by atoms with E-state index in [2.05, 4.69) is 20.0 Å². The van der Waals surface area contributed by atoms with Crippen molar-refractivity contribution in [3.8, 4) is 0 Å². The fourth-order valence-electron chi connectivity index (χ4n) is 4.72. The van der Waals surface area contributed by atoms with Gasteiger partial charge in [-0.15, -0.1) is 0 Å². The number of carboxylic acid groups (broad SMARTS) is 1. The van der Waals surface area contributed by atoms with Crippen LogP contribution in [0.2, 0.25) is 0 Å². The zero-order valence-corrected chi connectivity index (χ0v) is 22.5. The van der Waals surface area contributed by atoms with Crippen LogP contribution in [0.3, 0.4) is 0 Å². The van der Waals surface area contributed by atoms with Gasteiger partial charge in [-0.3, -0.25) is 9.52 Å². The van der Waals surface area contributed by atoms with Crippen molar-refractivity contribution in [3.05, 3.63) is 78.0 Å². The molecule has 0 bridgehead atoms. The summed E-state index contributed by atoms with van der Waals surface area (Å²) in [6.45, 7) is -0.250. The van der Waals surface area contributed by atoms with Gasteiger partial charge in [-0.2, -0.15) is 13.2 Å². The second kappa shape index (κ2) is 13.0. The van der Waals surface area contributed by atoms with Gasteiger partial charge < -0.3 is 15.3 Å². The number of alkyl halides is 3. The first-order valence-electron chi connectivity index (χ1n) is 12.1. The van der Waals surface area contributed by atoms with E-state index in [-0.39, 0.29) is 30.3 Å². The first kappa shape index (κ1) is 30.8. The summed E-state index contributed by atoms with van der Waals surface area (Å²) in [4.78, 5) is 17.3. The molecule has 9 nitrogen and oxygen atoms in total. The highest BCUT2D eigenvalue weighted by Crippen LogP contribution is 2.38. The van der Waals surface area contributed by atoms with Crippen molar-refractivity contribution >= 4 is 28.0 Å². The van der Waals surface area contributed by atoms with E-state index in [1.807, 2.05) is 19.0 Å². The number of sulfonamides is 1. The number of aromatic nitrogens is 2. The number of benzene rings is 2. The number of hydrogen-bond donors (Lipinski definition) is 3. The van der Waals surface area contributed by atoms with Crippen LogP contribution in [0.15, 0.2) is 66.0 Å². The first-order chi connectivity index (χ1) is 18.9. The minimum Gasteiger partial charge on any atom is -0.483 e. The van der Waals surface area contributed by atoms with Crippen LogP contribution in [-0.2, 0) is 21.0 Å². The minimum atomic E-state index is -4.40. The van der Waals surface area contributed by atoms with Crippen molar-refractivity contribution in [2.24, 2.45) is 0 Å². The SMILES string of the molecule is CN(C)[C@H]1C[C@@H](c2cccc(C(F)(F)F)c2)CC[C@@H]1Nc1ccc(S(=O)(=O)Nc2ccncn2)c(F)c1.O=CO.